The lowest BCUT2D eigenvalue weighted by molar-refractivity contribution is -0.130. The summed E-state index contributed by atoms with van der Waals surface area (Å²) in [6, 6.07) is 17.8. The molecule has 1 amide bonds. The number of para-hydroxylation sites is 2. The molecule has 3 rings (SSSR count). The second kappa shape index (κ2) is 8.56. The first-order valence-electron chi connectivity index (χ1n) is 9.00. The Kier molecular flexibility index (Phi) is 5.94. The summed E-state index contributed by atoms with van der Waals surface area (Å²) in [7, 11) is 0. The number of anilines is 1. The second-order valence-corrected chi connectivity index (χ2v) is 6.69. The van der Waals surface area contributed by atoms with Crippen molar-refractivity contribution in [2.45, 2.75) is 26.4 Å². The first-order chi connectivity index (χ1) is 12.2. The van der Waals surface area contributed by atoms with Crippen LogP contribution in [0.5, 0.6) is 5.75 Å². The summed E-state index contributed by atoms with van der Waals surface area (Å²) in [4.78, 5) is 14.4. The van der Waals surface area contributed by atoms with Crippen LogP contribution >= 0.6 is 0 Å². The Morgan fingerprint density at radius 3 is 2.52 bits per heavy atom. The van der Waals surface area contributed by atoms with Crippen LogP contribution in [0.1, 0.15) is 25.3 Å². The average Bonchev–Trinajstić information content (AvgIpc) is 2.66. The third-order valence-electron chi connectivity index (χ3n) is 4.69. The number of nitrogens with one attached hydrogen (secondary N) is 1. The lowest BCUT2D eigenvalue weighted by atomic mass is 9.99. The Morgan fingerprint density at radius 2 is 1.76 bits per heavy atom. The molecule has 1 saturated heterocycles. The van der Waals surface area contributed by atoms with E-state index in [4.69, 9.17) is 4.74 Å². The van der Waals surface area contributed by atoms with Gasteiger partial charge in [-0.1, -0.05) is 49.4 Å². The van der Waals surface area contributed by atoms with E-state index in [1.807, 2.05) is 59.5 Å². The van der Waals surface area contributed by atoms with Crippen LogP contribution in [-0.4, -0.2) is 30.4 Å². The molecule has 0 aromatic heterocycles. The number of carbonyl (C=O) groups is 1. The summed E-state index contributed by atoms with van der Waals surface area (Å²) >= 11 is 0. The highest BCUT2D eigenvalue weighted by Crippen LogP contribution is 2.25. The fourth-order valence-corrected chi connectivity index (χ4v) is 3.01. The van der Waals surface area contributed by atoms with E-state index >= 15 is 0 Å². The number of piperidine rings is 1. The molecule has 1 aliphatic rings. The van der Waals surface area contributed by atoms with Crippen LogP contribution in [0.15, 0.2) is 54.6 Å². The molecule has 1 fully saturated rings. The van der Waals surface area contributed by atoms with Crippen LogP contribution in [0.3, 0.4) is 0 Å². The Bertz CT molecular complexity index is 679. The Labute approximate surface area is 149 Å². The zero-order valence-corrected chi connectivity index (χ0v) is 14.8. The van der Waals surface area contributed by atoms with Gasteiger partial charge in [-0.25, -0.2) is 0 Å². The average molecular weight is 338 g/mol. The minimum absolute atomic E-state index is 0.157. The molecule has 0 atom stereocenters. The number of hydrogen-bond donors (Lipinski definition) is 1. The molecule has 4 nitrogen and oxygen atoms in total. The number of nitrogens with zero attached hydrogens (tertiary/aromatic N) is 1. The van der Waals surface area contributed by atoms with E-state index in [1.54, 1.807) is 0 Å². The van der Waals surface area contributed by atoms with Gasteiger partial charge in [0.25, 0.3) is 0 Å². The molecule has 132 valence electrons. The zero-order chi connectivity index (χ0) is 17.5. The molecular formula is C21H26N2O2. The Morgan fingerprint density at radius 1 is 1.08 bits per heavy atom. The van der Waals surface area contributed by atoms with Crippen molar-refractivity contribution >= 4 is 11.6 Å². The van der Waals surface area contributed by atoms with Crippen LogP contribution in [-0.2, 0) is 11.4 Å². The van der Waals surface area contributed by atoms with Crippen molar-refractivity contribution in [3.63, 3.8) is 0 Å². The van der Waals surface area contributed by atoms with Gasteiger partial charge in [0.2, 0.25) is 5.91 Å². The molecular weight excluding hydrogens is 312 g/mol. The highest BCUT2D eigenvalue weighted by atomic mass is 16.5. The molecule has 0 spiro atoms. The Hall–Kier alpha value is -2.49. The predicted octanol–water partition coefficient (Wildman–Crippen LogP) is 3.94. The van der Waals surface area contributed by atoms with E-state index in [1.165, 1.54) is 0 Å². The maximum absolute atomic E-state index is 12.4. The van der Waals surface area contributed by atoms with Gasteiger partial charge in [-0.3, -0.25) is 4.79 Å². The van der Waals surface area contributed by atoms with E-state index in [0.29, 0.717) is 13.2 Å². The smallest absolute Gasteiger partial charge is 0.241 e. The van der Waals surface area contributed by atoms with Gasteiger partial charge >= 0.3 is 0 Å². The number of amides is 1. The third-order valence-corrected chi connectivity index (χ3v) is 4.69. The molecule has 0 unspecified atom stereocenters. The van der Waals surface area contributed by atoms with Crippen molar-refractivity contribution in [1.82, 2.24) is 4.90 Å². The molecule has 0 aliphatic carbocycles. The summed E-state index contributed by atoms with van der Waals surface area (Å²) < 4.78 is 5.93. The van der Waals surface area contributed by atoms with Crippen molar-refractivity contribution in [3.8, 4) is 5.75 Å². The van der Waals surface area contributed by atoms with Gasteiger partial charge in [0.15, 0.2) is 0 Å². The van der Waals surface area contributed by atoms with Gasteiger partial charge in [0, 0.05) is 13.1 Å². The minimum Gasteiger partial charge on any atom is -0.487 e. The van der Waals surface area contributed by atoms with Crippen LogP contribution in [0, 0.1) is 5.92 Å². The number of carbonyl (C=O) groups excluding carboxylic acids is 1. The lowest BCUT2D eigenvalue weighted by Crippen LogP contribution is -2.40. The first-order valence-corrected chi connectivity index (χ1v) is 9.00. The van der Waals surface area contributed by atoms with Crippen molar-refractivity contribution < 1.29 is 9.53 Å². The van der Waals surface area contributed by atoms with E-state index in [0.717, 1.165) is 48.8 Å². The quantitative estimate of drug-likeness (QED) is 0.867. The largest absolute Gasteiger partial charge is 0.487 e. The second-order valence-electron chi connectivity index (χ2n) is 6.69. The fourth-order valence-electron chi connectivity index (χ4n) is 3.01. The molecule has 0 bridgehead atoms. The number of ether oxygens (including phenoxy) is 1. The van der Waals surface area contributed by atoms with Crippen LogP contribution in [0.2, 0.25) is 0 Å². The molecule has 0 radical (unpaired) electrons. The van der Waals surface area contributed by atoms with Crippen LogP contribution < -0.4 is 10.1 Å². The van der Waals surface area contributed by atoms with E-state index in [-0.39, 0.29) is 5.91 Å². The maximum Gasteiger partial charge on any atom is 0.241 e. The van der Waals surface area contributed by atoms with Crippen molar-refractivity contribution in [2.75, 3.05) is 25.0 Å². The van der Waals surface area contributed by atoms with Crippen molar-refractivity contribution in [3.05, 3.63) is 60.2 Å². The molecule has 25 heavy (non-hydrogen) atoms. The van der Waals surface area contributed by atoms with Gasteiger partial charge in [-0.2, -0.15) is 0 Å². The Balaban J connectivity index is 1.54. The van der Waals surface area contributed by atoms with Crippen molar-refractivity contribution in [2.24, 2.45) is 5.92 Å². The molecule has 2 aromatic rings. The van der Waals surface area contributed by atoms with Gasteiger partial charge in [0.05, 0.1) is 12.2 Å². The molecule has 4 heteroatoms. The summed E-state index contributed by atoms with van der Waals surface area (Å²) in [6.45, 7) is 4.81. The predicted molar refractivity (Wildman–Crippen MR) is 101 cm³/mol. The summed E-state index contributed by atoms with van der Waals surface area (Å²) in [5, 5.41) is 3.24. The van der Waals surface area contributed by atoms with Crippen molar-refractivity contribution in [1.29, 1.82) is 0 Å². The summed E-state index contributed by atoms with van der Waals surface area (Å²) in [5.74, 6) is 1.65. The molecule has 1 aliphatic heterocycles. The van der Waals surface area contributed by atoms with E-state index < -0.39 is 0 Å². The summed E-state index contributed by atoms with van der Waals surface area (Å²) in [5.41, 5.74) is 1.98. The van der Waals surface area contributed by atoms with Crippen LogP contribution in [0.4, 0.5) is 5.69 Å². The maximum atomic E-state index is 12.4. The SMILES string of the molecule is CC1CCN(C(=O)CNc2ccccc2OCc2ccccc2)CC1. The van der Waals surface area contributed by atoms with Gasteiger partial charge in [0.1, 0.15) is 12.4 Å². The zero-order valence-electron chi connectivity index (χ0n) is 14.8. The fraction of sp³-hybridized carbons (Fsp3) is 0.381. The topological polar surface area (TPSA) is 41.6 Å². The number of benzene rings is 2. The van der Waals surface area contributed by atoms with Gasteiger partial charge in [-0.15, -0.1) is 0 Å². The molecule has 1 heterocycles. The van der Waals surface area contributed by atoms with Gasteiger partial charge in [-0.05, 0) is 36.5 Å². The monoisotopic (exact) mass is 338 g/mol. The van der Waals surface area contributed by atoms with Crippen LogP contribution in [0.25, 0.3) is 0 Å². The highest BCUT2D eigenvalue weighted by molar-refractivity contribution is 5.81. The number of hydrogen-bond acceptors (Lipinski definition) is 3. The summed E-state index contributed by atoms with van der Waals surface area (Å²) in [6.07, 6.45) is 2.20. The number of rotatable bonds is 6. The lowest BCUT2D eigenvalue weighted by Gasteiger charge is -2.30. The minimum atomic E-state index is 0.157. The number of likely N-dealkylation sites (tertiary alicyclic amines) is 1. The first kappa shape index (κ1) is 17.3. The molecule has 0 saturated carbocycles. The highest BCUT2D eigenvalue weighted by Gasteiger charge is 2.20. The normalized spacial score (nSPS) is 15.0. The molecule has 2 aromatic carbocycles. The van der Waals surface area contributed by atoms with E-state index in [2.05, 4.69) is 12.2 Å². The standard InChI is InChI=1S/C21H26N2O2/c1-17-11-13-23(14-12-17)21(24)15-22-19-9-5-6-10-20(19)25-16-18-7-3-2-4-8-18/h2-10,17,22H,11-16H2,1H3. The van der Waals surface area contributed by atoms with Gasteiger partial charge < -0.3 is 15.0 Å². The third kappa shape index (κ3) is 4.99. The van der Waals surface area contributed by atoms with E-state index in [9.17, 15) is 4.79 Å². The molecule has 1 N–H and O–H groups in total.